The summed E-state index contributed by atoms with van der Waals surface area (Å²) in [6, 6.07) is 0. The monoisotopic (exact) mass is 357 g/mol. The van der Waals surface area contributed by atoms with Gasteiger partial charge in [0.1, 0.15) is 4.32 Å². The molecule has 0 aromatic heterocycles. The third-order valence-corrected chi connectivity index (χ3v) is 4.93. The minimum absolute atomic E-state index is 0. The fraction of sp³-hybridized carbons (Fsp3) is 0.941. The average Bonchev–Trinajstić information content (AvgIpc) is 2.45. The molecule has 0 heterocycles. The molecule has 0 fully saturated rings. The van der Waals surface area contributed by atoms with E-state index in [1.165, 1.54) is 82.8 Å². The van der Waals surface area contributed by atoms with Crippen LogP contribution >= 0.6 is 24.0 Å². The van der Waals surface area contributed by atoms with Crippen molar-refractivity contribution in [3.63, 3.8) is 0 Å². The van der Waals surface area contributed by atoms with Crippen LogP contribution in [-0.4, -0.2) is 68.0 Å². The van der Waals surface area contributed by atoms with E-state index in [1.807, 2.05) is 11.8 Å². The Morgan fingerprint density at radius 3 is 1.81 bits per heavy atom. The van der Waals surface area contributed by atoms with E-state index >= 15 is 0 Å². The van der Waals surface area contributed by atoms with Gasteiger partial charge in [-0.1, -0.05) is 102 Å². The van der Waals surface area contributed by atoms with Crippen molar-refractivity contribution in [2.45, 2.75) is 90.9 Å². The van der Waals surface area contributed by atoms with Crippen molar-refractivity contribution >= 4 is 79.7 Å². The molecule has 0 aliphatic rings. The zero-order valence-electron chi connectivity index (χ0n) is 13.7. The molecule has 21 heavy (non-hydrogen) atoms. The van der Waals surface area contributed by atoms with Crippen molar-refractivity contribution in [1.29, 1.82) is 0 Å². The maximum absolute atomic E-state index is 5.35. The van der Waals surface area contributed by atoms with Crippen LogP contribution in [0.25, 0.3) is 0 Å². The summed E-state index contributed by atoms with van der Waals surface area (Å²) in [5, 5.41) is 3.38. The van der Waals surface area contributed by atoms with Gasteiger partial charge >= 0.3 is 51.4 Å². The summed E-state index contributed by atoms with van der Waals surface area (Å²) >= 11 is 7.18. The van der Waals surface area contributed by atoms with Crippen LogP contribution in [0.4, 0.5) is 0 Å². The Hall–Kier alpha value is 1.88. The van der Waals surface area contributed by atoms with Gasteiger partial charge in [0.25, 0.3) is 0 Å². The SMILES string of the molecule is CCCCCCCCNC(=S)SCCCCCCCC.[KH]. The molecular weight excluding hydrogens is 321 g/mol. The van der Waals surface area contributed by atoms with Gasteiger partial charge in [-0.05, 0) is 12.8 Å². The van der Waals surface area contributed by atoms with E-state index in [1.54, 1.807) is 0 Å². The molecule has 0 radical (unpaired) electrons. The second kappa shape index (κ2) is 21.9. The number of nitrogens with one attached hydrogen (secondary N) is 1. The fourth-order valence-corrected chi connectivity index (χ4v) is 3.28. The van der Waals surface area contributed by atoms with E-state index in [9.17, 15) is 0 Å². The van der Waals surface area contributed by atoms with E-state index in [0.29, 0.717) is 0 Å². The summed E-state index contributed by atoms with van der Waals surface area (Å²) in [4.78, 5) is 0. The molecule has 0 amide bonds. The second-order valence-corrected chi connectivity index (χ2v) is 7.37. The summed E-state index contributed by atoms with van der Waals surface area (Å²) < 4.78 is 1.01. The Morgan fingerprint density at radius 1 is 0.762 bits per heavy atom. The summed E-state index contributed by atoms with van der Waals surface area (Å²) in [6.45, 7) is 5.60. The van der Waals surface area contributed by atoms with Crippen LogP contribution < -0.4 is 5.32 Å². The van der Waals surface area contributed by atoms with Gasteiger partial charge in [0.2, 0.25) is 0 Å². The fourth-order valence-electron chi connectivity index (χ4n) is 2.19. The van der Waals surface area contributed by atoms with E-state index in [-0.39, 0.29) is 51.4 Å². The normalized spacial score (nSPS) is 10.2. The van der Waals surface area contributed by atoms with Crippen molar-refractivity contribution in [3.05, 3.63) is 0 Å². The van der Waals surface area contributed by atoms with Gasteiger partial charge in [-0.15, -0.1) is 0 Å². The standard InChI is InChI=1S/C17H35NS2.K.H/c1-3-5-7-9-11-13-15-18-17(19)20-16-14-12-10-8-6-4-2;;/h3-16H2,1-2H3,(H,18,19);;. The van der Waals surface area contributed by atoms with Gasteiger partial charge < -0.3 is 5.32 Å². The maximum atomic E-state index is 5.35. The van der Waals surface area contributed by atoms with Gasteiger partial charge in [-0.3, -0.25) is 0 Å². The van der Waals surface area contributed by atoms with Crippen LogP contribution in [-0.2, 0) is 0 Å². The first-order valence-electron chi connectivity index (χ1n) is 8.71. The molecule has 0 rings (SSSR count). The van der Waals surface area contributed by atoms with Crippen LogP contribution in [0, 0.1) is 0 Å². The summed E-state index contributed by atoms with van der Waals surface area (Å²) in [6.07, 6.45) is 16.3. The third-order valence-electron chi connectivity index (χ3n) is 3.53. The van der Waals surface area contributed by atoms with Crippen molar-refractivity contribution in [2.24, 2.45) is 0 Å². The van der Waals surface area contributed by atoms with Crippen LogP contribution in [0.2, 0.25) is 0 Å². The Bertz CT molecular complexity index is 193. The summed E-state index contributed by atoms with van der Waals surface area (Å²) in [5.74, 6) is 1.19. The molecule has 4 heteroatoms. The number of hydrogen-bond donors (Lipinski definition) is 1. The molecule has 0 aliphatic heterocycles. The Kier molecular flexibility index (Phi) is 26.2. The van der Waals surface area contributed by atoms with E-state index in [2.05, 4.69) is 19.2 Å². The average molecular weight is 358 g/mol. The molecule has 0 spiro atoms. The molecule has 0 saturated heterocycles. The van der Waals surface area contributed by atoms with Gasteiger partial charge in [0, 0.05) is 12.3 Å². The van der Waals surface area contributed by atoms with Crippen LogP contribution in [0.3, 0.4) is 0 Å². The molecular formula is C17H36KNS2. The minimum atomic E-state index is 0. The number of rotatable bonds is 14. The number of thiocarbonyl (C=S) groups is 1. The van der Waals surface area contributed by atoms with E-state index < -0.39 is 0 Å². The van der Waals surface area contributed by atoms with Gasteiger partial charge in [0.15, 0.2) is 0 Å². The van der Waals surface area contributed by atoms with Crippen molar-refractivity contribution in [2.75, 3.05) is 12.3 Å². The van der Waals surface area contributed by atoms with Crippen molar-refractivity contribution in [3.8, 4) is 0 Å². The molecule has 0 bridgehead atoms. The van der Waals surface area contributed by atoms with Crippen LogP contribution in [0.1, 0.15) is 90.9 Å². The molecule has 0 aromatic carbocycles. The number of hydrogen-bond acceptors (Lipinski definition) is 2. The molecule has 0 atom stereocenters. The topological polar surface area (TPSA) is 12.0 Å². The molecule has 0 aliphatic carbocycles. The predicted octanol–water partition coefficient (Wildman–Crippen LogP) is 5.67. The third kappa shape index (κ3) is 21.9. The van der Waals surface area contributed by atoms with Crippen LogP contribution in [0.5, 0.6) is 0 Å². The Labute approximate surface area is 186 Å². The molecule has 122 valence electrons. The predicted molar refractivity (Wildman–Crippen MR) is 107 cm³/mol. The molecule has 1 nitrogen and oxygen atoms in total. The first kappa shape index (κ1) is 25.1. The zero-order chi connectivity index (χ0) is 14.9. The molecule has 0 unspecified atom stereocenters. The quantitative estimate of drug-likeness (QED) is 0.244. The van der Waals surface area contributed by atoms with E-state index in [0.717, 1.165) is 10.9 Å². The van der Waals surface area contributed by atoms with Gasteiger partial charge in [0.05, 0.1) is 0 Å². The molecule has 0 aromatic rings. The van der Waals surface area contributed by atoms with Crippen molar-refractivity contribution in [1.82, 2.24) is 5.32 Å². The molecule has 0 saturated carbocycles. The van der Waals surface area contributed by atoms with Gasteiger partial charge in [-0.2, -0.15) is 0 Å². The van der Waals surface area contributed by atoms with E-state index in [4.69, 9.17) is 12.2 Å². The number of unbranched alkanes of at least 4 members (excludes halogenated alkanes) is 10. The zero-order valence-corrected chi connectivity index (χ0v) is 15.3. The summed E-state index contributed by atoms with van der Waals surface area (Å²) in [5.41, 5.74) is 0. The Morgan fingerprint density at radius 2 is 1.24 bits per heavy atom. The molecule has 1 N–H and O–H groups in total. The number of thioether (sulfide) groups is 1. The van der Waals surface area contributed by atoms with Crippen LogP contribution in [0.15, 0.2) is 0 Å². The van der Waals surface area contributed by atoms with Gasteiger partial charge in [-0.25, -0.2) is 0 Å². The van der Waals surface area contributed by atoms with Crippen molar-refractivity contribution < 1.29 is 0 Å². The Balaban J connectivity index is 0. The summed E-state index contributed by atoms with van der Waals surface area (Å²) in [7, 11) is 0. The first-order valence-corrected chi connectivity index (χ1v) is 10.1. The second-order valence-electron chi connectivity index (χ2n) is 5.60. The first-order chi connectivity index (χ1) is 9.81.